The number of aromatic nitrogens is 2. The van der Waals surface area contributed by atoms with Crippen LogP contribution in [0, 0.1) is 0 Å². The summed E-state index contributed by atoms with van der Waals surface area (Å²) in [5, 5.41) is 0. The molecule has 0 saturated heterocycles. The van der Waals surface area contributed by atoms with E-state index in [9.17, 15) is 19.2 Å². The Morgan fingerprint density at radius 3 is 2.56 bits per heavy atom. The van der Waals surface area contributed by atoms with Gasteiger partial charge in [-0.3, -0.25) is 19.1 Å². The molecule has 1 aliphatic rings. The number of nitrogens with zero attached hydrogens (tertiary/aromatic N) is 2. The molecule has 10 nitrogen and oxygen atoms in total. The zero-order chi connectivity index (χ0) is 25.9. The van der Waals surface area contributed by atoms with E-state index in [1.54, 1.807) is 24.3 Å². The summed E-state index contributed by atoms with van der Waals surface area (Å²) < 4.78 is 11.9. The van der Waals surface area contributed by atoms with Gasteiger partial charge in [0.2, 0.25) is 0 Å². The number of hydrogen-bond acceptors (Lipinski definition) is 7. The zero-order valence-corrected chi connectivity index (χ0v) is 20.2. The summed E-state index contributed by atoms with van der Waals surface area (Å²) in [4.78, 5) is 55.8. The normalized spacial score (nSPS) is 16.8. The predicted molar refractivity (Wildman–Crippen MR) is 134 cm³/mol. The third-order valence-corrected chi connectivity index (χ3v) is 6.18. The van der Waals surface area contributed by atoms with E-state index in [1.807, 2.05) is 30.3 Å². The Balaban J connectivity index is 1.78. The third-order valence-electron chi connectivity index (χ3n) is 6.18. The van der Waals surface area contributed by atoms with E-state index in [2.05, 4.69) is 4.98 Å². The SMILES string of the molecule is COCCCN(C(=O)C1(C)Cc2ccccc2C(=O)O1)c1c(N)n(Cc2ccccc2)c(=O)[nH]c1=O. The van der Waals surface area contributed by atoms with E-state index in [4.69, 9.17) is 15.2 Å². The number of nitrogens with two attached hydrogens (primary N) is 1. The maximum atomic E-state index is 13.9. The van der Waals surface area contributed by atoms with E-state index in [1.165, 1.54) is 23.5 Å². The minimum Gasteiger partial charge on any atom is -0.445 e. The van der Waals surface area contributed by atoms with Crippen molar-refractivity contribution in [3.05, 3.63) is 92.1 Å². The number of hydrogen-bond donors (Lipinski definition) is 2. The maximum absolute atomic E-state index is 13.9. The molecule has 188 valence electrons. The molecule has 36 heavy (non-hydrogen) atoms. The van der Waals surface area contributed by atoms with Crippen LogP contribution in [0.5, 0.6) is 0 Å². The van der Waals surface area contributed by atoms with Gasteiger partial charge in [0.1, 0.15) is 5.82 Å². The Morgan fingerprint density at radius 2 is 1.83 bits per heavy atom. The topological polar surface area (TPSA) is 137 Å². The highest BCUT2D eigenvalue weighted by molar-refractivity contribution is 6.04. The van der Waals surface area contributed by atoms with Gasteiger partial charge >= 0.3 is 11.7 Å². The van der Waals surface area contributed by atoms with Gasteiger partial charge in [-0.15, -0.1) is 0 Å². The monoisotopic (exact) mass is 492 g/mol. The number of benzene rings is 2. The van der Waals surface area contributed by atoms with Crippen molar-refractivity contribution in [2.24, 2.45) is 0 Å². The van der Waals surface area contributed by atoms with Crippen molar-refractivity contribution in [3.63, 3.8) is 0 Å². The molecule has 1 amide bonds. The molecule has 4 rings (SSSR count). The number of esters is 1. The highest BCUT2D eigenvalue weighted by Crippen LogP contribution is 2.32. The van der Waals surface area contributed by atoms with Crippen LogP contribution in [0.1, 0.15) is 34.8 Å². The number of ether oxygens (including phenoxy) is 2. The van der Waals surface area contributed by atoms with Crippen molar-refractivity contribution in [1.82, 2.24) is 9.55 Å². The van der Waals surface area contributed by atoms with Crippen LogP contribution >= 0.6 is 0 Å². The first-order valence-electron chi connectivity index (χ1n) is 11.5. The van der Waals surface area contributed by atoms with Crippen LogP contribution in [-0.2, 0) is 27.2 Å². The van der Waals surface area contributed by atoms with Gasteiger partial charge in [-0.1, -0.05) is 48.5 Å². The largest absolute Gasteiger partial charge is 0.445 e. The number of H-pyrrole nitrogens is 1. The Labute approximate surface area is 207 Å². The highest BCUT2D eigenvalue weighted by atomic mass is 16.6. The average Bonchev–Trinajstić information content (AvgIpc) is 2.85. The van der Waals surface area contributed by atoms with Crippen molar-refractivity contribution in [2.45, 2.75) is 31.9 Å². The van der Waals surface area contributed by atoms with E-state index < -0.39 is 28.7 Å². The molecule has 0 spiro atoms. The Morgan fingerprint density at radius 1 is 1.14 bits per heavy atom. The van der Waals surface area contributed by atoms with Gasteiger partial charge in [-0.2, -0.15) is 0 Å². The van der Waals surface area contributed by atoms with Gasteiger partial charge in [0.05, 0.1) is 12.1 Å². The second kappa shape index (κ2) is 10.2. The fourth-order valence-electron chi connectivity index (χ4n) is 4.38. The molecule has 2 aromatic carbocycles. The standard InChI is InChI=1S/C26H28N4O6/c1-26(15-18-11-6-7-12-19(18)23(32)36-26)24(33)29(13-8-14-35-2)20-21(27)30(25(34)28-22(20)31)16-17-9-4-3-5-10-17/h3-7,9-12H,8,13-16,27H2,1-2H3,(H,28,31,34). The molecule has 2 heterocycles. The van der Waals surface area contributed by atoms with E-state index in [0.717, 1.165) is 5.56 Å². The summed E-state index contributed by atoms with van der Waals surface area (Å²) in [6.45, 7) is 1.97. The molecule has 0 radical (unpaired) electrons. The molecule has 0 saturated carbocycles. The second-order valence-corrected chi connectivity index (χ2v) is 8.82. The minimum absolute atomic E-state index is 0.0539. The van der Waals surface area contributed by atoms with Crippen LogP contribution in [0.2, 0.25) is 0 Å². The molecule has 1 aliphatic heterocycles. The van der Waals surface area contributed by atoms with Gasteiger partial charge in [0.25, 0.3) is 11.5 Å². The van der Waals surface area contributed by atoms with Gasteiger partial charge < -0.3 is 20.1 Å². The number of carbonyl (C=O) groups excluding carboxylic acids is 2. The molecule has 1 aromatic heterocycles. The number of aromatic amines is 1. The maximum Gasteiger partial charge on any atom is 0.339 e. The van der Waals surface area contributed by atoms with Gasteiger partial charge in [0, 0.05) is 26.7 Å². The lowest BCUT2D eigenvalue weighted by atomic mass is 9.88. The molecular formula is C26H28N4O6. The van der Waals surface area contributed by atoms with E-state index in [0.29, 0.717) is 24.2 Å². The van der Waals surface area contributed by atoms with Crippen LogP contribution < -0.4 is 21.9 Å². The first-order valence-corrected chi connectivity index (χ1v) is 11.5. The molecule has 0 bridgehead atoms. The Kier molecular flexibility index (Phi) is 7.07. The number of nitrogen functional groups attached to an aromatic ring is 1. The van der Waals surface area contributed by atoms with Crippen molar-refractivity contribution in [2.75, 3.05) is 30.9 Å². The van der Waals surface area contributed by atoms with Gasteiger partial charge in [0.15, 0.2) is 11.3 Å². The number of fused-ring (bicyclic) bond motifs is 1. The molecule has 0 fully saturated rings. The lowest BCUT2D eigenvalue weighted by molar-refractivity contribution is -0.137. The van der Waals surface area contributed by atoms with Crippen molar-refractivity contribution in [3.8, 4) is 0 Å². The van der Waals surface area contributed by atoms with Crippen LogP contribution in [-0.4, -0.2) is 47.3 Å². The average molecular weight is 493 g/mol. The molecule has 3 N–H and O–H groups in total. The highest BCUT2D eigenvalue weighted by Gasteiger charge is 2.46. The molecular weight excluding hydrogens is 464 g/mol. The fourth-order valence-corrected chi connectivity index (χ4v) is 4.38. The summed E-state index contributed by atoms with van der Waals surface area (Å²) in [5.41, 5.74) is 4.94. The van der Waals surface area contributed by atoms with E-state index in [-0.39, 0.29) is 31.0 Å². The third kappa shape index (κ3) is 4.80. The van der Waals surface area contributed by atoms with Crippen molar-refractivity contribution >= 4 is 23.4 Å². The minimum atomic E-state index is -1.59. The first-order chi connectivity index (χ1) is 17.2. The van der Waals surface area contributed by atoms with Gasteiger partial charge in [-0.25, -0.2) is 9.59 Å². The van der Waals surface area contributed by atoms with Gasteiger partial charge in [-0.05, 0) is 30.5 Å². The van der Waals surface area contributed by atoms with Crippen LogP contribution in [0.15, 0.2) is 64.2 Å². The summed E-state index contributed by atoms with van der Waals surface area (Å²) in [7, 11) is 1.52. The quantitative estimate of drug-likeness (QED) is 0.361. The lowest BCUT2D eigenvalue weighted by Gasteiger charge is -2.37. The summed E-state index contributed by atoms with van der Waals surface area (Å²) >= 11 is 0. The molecule has 1 unspecified atom stereocenters. The number of anilines is 2. The lowest BCUT2D eigenvalue weighted by Crippen LogP contribution is -2.55. The van der Waals surface area contributed by atoms with Crippen LogP contribution in [0.4, 0.5) is 11.5 Å². The number of carbonyl (C=O) groups is 2. The first kappa shape index (κ1) is 24.9. The number of cyclic esters (lactones) is 1. The summed E-state index contributed by atoms with van der Waals surface area (Å²) in [5.74, 6) is -1.41. The molecule has 1 atom stereocenters. The fraction of sp³-hybridized carbons (Fsp3) is 0.308. The smallest absolute Gasteiger partial charge is 0.339 e. The zero-order valence-electron chi connectivity index (χ0n) is 20.2. The van der Waals surface area contributed by atoms with Crippen LogP contribution in [0.25, 0.3) is 0 Å². The molecule has 0 aliphatic carbocycles. The number of rotatable bonds is 8. The number of amides is 1. The number of methoxy groups -OCH3 is 1. The predicted octanol–water partition coefficient (Wildman–Crippen LogP) is 1.71. The number of nitrogens with one attached hydrogen (secondary N) is 1. The van der Waals surface area contributed by atoms with Crippen molar-refractivity contribution < 1.29 is 19.1 Å². The molecule has 10 heteroatoms. The second-order valence-electron chi connectivity index (χ2n) is 8.82. The van der Waals surface area contributed by atoms with Crippen LogP contribution in [0.3, 0.4) is 0 Å². The summed E-state index contributed by atoms with van der Waals surface area (Å²) in [6, 6.07) is 16.0. The Hall–Kier alpha value is -4.18. The molecule has 3 aromatic rings. The Bertz CT molecular complexity index is 1400. The van der Waals surface area contributed by atoms with Crippen molar-refractivity contribution in [1.29, 1.82) is 0 Å². The summed E-state index contributed by atoms with van der Waals surface area (Å²) in [6.07, 6.45) is 0.496. The van der Waals surface area contributed by atoms with E-state index >= 15 is 0 Å².